The molecule has 320 valence electrons. The molecule has 0 spiro atoms. The molecule has 6 aliphatic heterocycles. The lowest BCUT2D eigenvalue weighted by Gasteiger charge is -2.37. The predicted octanol–water partition coefficient (Wildman–Crippen LogP) is 5.46. The van der Waals surface area contributed by atoms with Crippen LogP contribution in [-0.4, -0.2) is 156 Å². The van der Waals surface area contributed by atoms with E-state index in [4.69, 9.17) is 52.1 Å². The number of anilines is 4. The van der Waals surface area contributed by atoms with Gasteiger partial charge in [-0.3, -0.25) is 0 Å². The average Bonchev–Trinajstić information content (AvgIpc) is 3.97. The van der Waals surface area contributed by atoms with Crippen molar-refractivity contribution in [3.8, 4) is 0 Å². The van der Waals surface area contributed by atoms with Gasteiger partial charge in [0, 0.05) is 76.6 Å². The third-order valence-electron chi connectivity index (χ3n) is 11.6. The number of fused-ring (bicyclic) bond motifs is 2. The number of amides is 2. The maximum absolute atomic E-state index is 12.5. The zero-order valence-corrected chi connectivity index (χ0v) is 36.9. The number of aromatic nitrogens is 4. The van der Waals surface area contributed by atoms with E-state index in [2.05, 4.69) is 43.4 Å². The van der Waals surface area contributed by atoms with E-state index < -0.39 is 11.2 Å². The SMILES string of the molecule is CC(C)(C)OC(=O)N1CC[C@@](C)(N2CCc3c(Cl)nc(N4CCOCC4)nc32)C1.CC(C)(C)OC(=O)N1CC[C@](C)(N2CCc3c(Cl)nc(N4CCOCC4)nc32)C1. The molecule has 2 aromatic rings. The summed E-state index contributed by atoms with van der Waals surface area (Å²) in [6.07, 6.45) is 2.85. The maximum atomic E-state index is 12.5. The molecule has 0 N–H and O–H groups in total. The van der Waals surface area contributed by atoms with Gasteiger partial charge in [-0.2, -0.15) is 9.97 Å². The Morgan fingerprint density at radius 3 is 1.29 bits per heavy atom. The lowest BCUT2D eigenvalue weighted by Crippen LogP contribution is -2.49. The van der Waals surface area contributed by atoms with Crippen molar-refractivity contribution in [1.82, 2.24) is 29.7 Å². The van der Waals surface area contributed by atoms with Gasteiger partial charge in [-0.1, -0.05) is 23.2 Å². The Kier molecular flexibility index (Phi) is 12.1. The fourth-order valence-corrected chi connectivity index (χ4v) is 9.07. The van der Waals surface area contributed by atoms with E-state index in [0.29, 0.717) is 74.8 Å². The third-order valence-corrected chi connectivity index (χ3v) is 12.3. The minimum atomic E-state index is -0.496. The second kappa shape index (κ2) is 16.5. The van der Waals surface area contributed by atoms with E-state index >= 15 is 0 Å². The van der Waals surface area contributed by atoms with Crippen LogP contribution in [0.15, 0.2) is 0 Å². The molecule has 0 saturated carbocycles. The van der Waals surface area contributed by atoms with E-state index in [1.807, 2.05) is 41.5 Å². The minimum Gasteiger partial charge on any atom is -0.444 e. The molecule has 0 radical (unpaired) electrons. The number of carbonyl (C=O) groups is 2. The first-order valence-electron chi connectivity index (χ1n) is 20.6. The summed E-state index contributed by atoms with van der Waals surface area (Å²) >= 11 is 13.1. The van der Waals surface area contributed by atoms with Crippen LogP contribution in [0.3, 0.4) is 0 Å². The summed E-state index contributed by atoms with van der Waals surface area (Å²) in [4.78, 5) is 56.5. The Balaban J connectivity index is 0.000000177. The second-order valence-electron chi connectivity index (χ2n) is 18.5. The molecule has 0 aromatic carbocycles. The standard InChI is InChI=1S/2C20H30ClN5O3/c2*1-19(2,3)29-18(27)25-8-6-20(4,13-25)26-7-5-14-15(21)22-17(23-16(14)26)24-9-11-28-12-10-24/h2*5-13H2,1-4H3/t2*20-/m10/s1. The molecular formula is C40H60Cl2N10O6. The summed E-state index contributed by atoms with van der Waals surface area (Å²) in [5.41, 5.74) is 0.597. The van der Waals surface area contributed by atoms with Gasteiger partial charge in [0.1, 0.15) is 33.1 Å². The Morgan fingerprint density at radius 2 is 0.948 bits per heavy atom. The van der Waals surface area contributed by atoms with Gasteiger partial charge in [0.15, 0.2) is 0 Å². The molecule has 2 atom stereocenters. The first-order chi connectivity index (χ1) is 27.3. The van der Waals surface area contributed by atoms with Gasteiger partial charge in [-0.25, -0.2) is 19.6 Å². The van der Waals surface area contributed by atoms with E-state index in [0.717, 1.165) is 87.7 Å². The summed E-state index contributed by atoms with van der Waals surface area (Å²) in [5, 5.41) is 1.06. The summed E-state index contributed by atoms with van der Waals surface area (Å²) in [5.74, 6) is 3.13. The molecular weight excluding hydrogens is 787 g/mol. The molecule has 8 heterocycles. The van der Waals surface area contributed by atoms with Crippen LogP contribution in [0.2, 0.25) is 10.3 Å². The number of rotatable bonds is 4. The summed E-state index contributed by atoms with van der Waals surface area (Å²) < 4.78 is 22.0. The van der Waals surface area contributed by atoms with Crippen LogP contribution in [0.5, 0.6) is 0 Å². The first kappa shape index (κ1) is 42.5. The number of carbonyl (C=O) groups excluding carboxylic acids is 2. The molecule has 0 aliphatic carbocycles. The number of likely N-dealkylation sites (tertiary alicyclic amines) is 2. The fourth-order valence-electron chi connectivity index (χ4n) is 8.56. The van der Waals surface area contributed by atoms with Crippen molar-refractivity contribution in [2.75, 3.05) is 111 Å². The number of halogens is 2. The fraction of sp³-hybridized carbons (Fsp3) is 0.750. The zero-order chi connectivity index (χ0) is 41.6. The van der Waals surface area contributed by atoms with E-state index in [-0.39, 0.29) is 23.3 Å². The van der Waals surface area contributed by atoms with Crippen molar-refractivity contribution in [2.45, 2.75) is 103 Å². The quantitative estimate of drug-likeness (QED) is 0.360. The van der Waals surface area contributed by atoms with Gasteiger partial charge in [0.2, 0.25) is 11.9 Å². The molecule has 0 bridgehead atoms. The van der Waals surface area contributed by atoms with Crippen LogP contribution in [0, 0.1) is 0 Å². The topological polar surface area (TPSA) is 142 Å². The Morgan fingerprint density at radius 1 is 0.586 bits per heavy atom. The number of nitrogens with zero attached hydrogens (tertiary/aromatic N) is 10. The van der Waals surface area contributed by atoms with Crippen molar-refractivity contribution in [1.29, 1.82) is 0 Å². The van der Waals surface area contributed by atoms with Crippen LogP contribution >= 0.6 is 23.2 Å². The lowest BCUT2D eigenvalue weighted by molar-refractivity contribution is 0.0275. The molecule has 2 amide bonds. The first-order valence-corrected chi connectivity index (χ1v) is 21.4. The van der Waals surface area contributed by atoms with Gasteiger partial charge >= 0.3 is 12.2 Å². The van der Waals surface area contributed by atoms with Crippen LogP contribution in [0.1, 0.15) is 79.4 Å². The third kappa shape index (κ3) is 9.24. The highest BCUT2D eigenvalue weighted by Crippen LogP contribution is 2.42. The lowest BCUT2D eigenvalue weighted by atomic mass is 9.99. The monoisotopic (exact) mass is 846 g/mol. The van der Waals surface area contributed by atoms with Crippen LogP contribution in [0.4, 0.5) is 33.1 Å². The van der Waals surface area contributed by atoms with Crippen LogP contribution in [0.25, 0.3) is 0 Å². The molecule has 18 heteroatoms. The van der Waals surface area contributed by atoms with E-state index in [9.17, 15) is 9.59 Å². The number of hydrogen-bond donors (Lipinski definition) is 0. The number of morpholine rings is 2. The van der Waals surface area contributed by atoms with Crippen LogP contribution in [-0.2, 0) is 31.8 Å². The second-order valence-corrected chi connectivity index (χ2v) is 19.2. The number of hydrogen-bond acceptors (Lipinski definition) is 14. The molecule has 4 fully saturated rings. The Bertz CT molecular complexity index is 1720. The molecule has 6 aliphatic rings. The van der Waals surface area contributed by atoms with Gasteiger partial charge in [-0.15, -0.1) is 0 Å². The molecule has 16 nitrogen and oxygen atoms in total. The predicted molar refractivity (Wildman–Crippen MR) is 224 cm³/mol. The van der Waals surface area contributed by atoms with Crippen molar-refractivity contribution >= 4 is 58.9 Å². The largest absolute Gasteiger partial charge is 0.444 e. The summed E-state index contributed by atoms with van der Waals surface area (Å²) in [6, 6.07) is 0. The highest BCUT2D eigenvalue weighted by Gasteiger charge is 2.47. The maximum Gasteiger partial charge on any atom is 0.410 e. The smallest absolute Gasteiger partial charge is 0.410 e. The highest BCUT2D eigenvalue weighted by atomic mass is 35.5. The summed E-state index contributed by atoms with van der Waals surface area (Å²) in [6.45, 7) is 25.7. The van der Waals surface area contributed by atoms with Gasteiger partial charge < -0.3 is 48.3 Å². The van der Waals surface area contributed by atoms with Crippen molar-refractivity contribution in [2.24, 2.45) is 0 Å². The molecule has 58 heavy (non-hydrogen) atoms. The van der Waals surface area contributed by atoms with Gasteiger partial charge in [0.25, 0.3) is 0 Å². The van der Waals surface area contributed by atoms with Gasteiger partial charge in [-0.05, 0) is 81.1 Å². The van der Waals surface area contributed by atoms with E-state index in [1.165, 1.54) is 0 Å². The average molecular weight is 848 g/mol. The highest BCUT2D eigenvalue weighted by molar-refractivity contribution is 6.31. The number of ether oxygens (including phenoxy) is 4. The summed E-state index contributed by atoms with van der Waals surface area (Å²) in [7, 11) is 0. The normalized spacial score (nSPS) is 24.8. The van der Waals surface area contributed by atoms with Crippen molar-refractivity contribution < 1.29 is 28.5 Å². The molecule has 4 saturated heterocycles. The Labute approximate surface area is 352 Å². The Hall–Kier alpha value is -3.60. The van der Waals surface area contributed by atoms with Gasteiger partial charge in [0.05, 0.1) is 37.5 Å². The molecule has 0 unspecified atom stereocenters. The minimum absolute atomic E-state index is 0.206. The van der Waals surface area contributed by atoms with E-state index in [1.54, 1.807) is 9.80 Å². The van der Waals surface area contributed by atoms with Crippen molar-refractivity contribution in [3.05, 3.63) is 21.4 Å². The van der Waals surface area contributed by atoms with Crippen LogP contribution < -0.4 is 19.6 Å². The molecule has 2 aromatic heterocycles. The van der Waals surface area contributed by atoms with Crippen molar-refractivity contribution in [3.63, 3.8) is 0 Å². The molecule has 8 rings (SSSR count). The zero-order valence-electron chi connectivity index (χ0n) is 35.4.